The Hall–Kier alpha value is -1.49. The van der Waals surface area contributed by atoms with E-state index in [4.69, 9.17) is 0 Å². The van der Waals surface area contributed by atoms with Gasteiger partial charge in [0.15, 0.2) is 5.82 Å². The van der Waals surface area contributed by atoms with E-state index in [0.717, 1.165) is 27.1 Å². The van der Waals surface area contributed by atoms with Gasteiger partial charge in [-0.05, 0) is 53.5 Å². The van der Waals surface area contributed by atoms with Gasteiger partial charge in [-0.3, -0.25) is 0 Å². The van der Waals surface area contributed by atoms with Gasteiger partial charge in [-0.15, -0.1) is 0 Å². The largest absolute Gasteiger partial charge is 0.372 e. The SMILES string of the molecule is CNc1nc(-c2ccc(F)cc2C)nc(C)c1Br. The van der Waals surface area contributed by atoms with Crippen LogP contribution in [0.4, 0.5) is 10.2 Å². The summed E-state index contributed by atoms with van der Waals surface area (Å²) in [5.74, 6) is 1.07. The molecule has 2 aromatic rings. The third-order valence-corrected chi connectivity index (χ3v) is 3.63. The predicted molar refractivity (Wildman–Crippen MR) is 74.1 cm³/mol. The van der Waals surface area contributed by atoms with Gasteiger partial charge in [-0.2, -0.15) is 0 Å². The van der Waals surface area contributed by atoms with Crippen LogP contribution in [0.15, 0.2) is 22.7 Å². The number of rotatable bonds is 2. The first-order chi connectivity index (χ1) is 8.52. The molecule has 1 N–H and O–H groups in total. The average molecular weight is 310 g/mol. The second-order valence-electron chi connectivity index (χ2n) is 4.00. The molecule has 1 aromatic heterocycles. The van der Waals surface area contributed by atoms with Crippen molar-refractivity contribution in [3.05, 3.63) is 39.7 Å². The van der Waals surface area contributed by atoms with Crippen molar-refractivity contribution < 1.29 is 4.39 Å². The van der Waals surface area contributed by atoms with Crippen LogP contribution in [0.25, 0.3) is 11.4 Å². The normalized spacial score (nSPS) is 10.5. The Morgan fingerprint density at radius 3 is 2.56 bits per heavy atom. The summed E-state index contributed by atoms with van der Waals surface area (Å²) in [4.78, 5) is 8.84. The fraction of sp³-hybridized carbons (Fsp3) is 0.231. The first-order valence-corrected chi connectivity index (χ1v) is 6.30. The standard InChI is InChI=1S/C13H13BrFN3/c1-7-6-9(15)4-5-10(7)12-17-8(2)11(14)13(16-3)18-12/h4-6H,1-3H3,(H,16,17,18). The molecule has 0 bridgehead atoms. The third kappa shape index (κ3) is 2.36. The maximum Gasteiger partial charge on any atom is 0.162 e. The van der Waals surface area contributed by atoms with E-state index in [9.17, 15) is 4.39 Å². The monoisotopic (exact) mass is 309 g/mol. The second-order valence-corrected chi connectivity index (χ2v) is 4.80. The summed E-state index contributed by atoms with van der Waals surface area (Å²) in [7, 11) is 1.80. The zero-order valence-electron chi connectivity index (χ0n) is 10.4. The Balaban J connectivity index is 2.60. The molecule has 0 spiro atoms. The quantitative estimate of drug-likeness (QED) is 0.919. The minimum Gasteiger partial charge on any atom is -0.372 e. The number of hydrogen-bond acceptors (Lipinski definition) is 3. The van der Waals surface area contributed by atoms with Crippen LogP contribution in [0.5, 0.6) is 0 Å². The van der Waals surface area contributed by atoms with E-state index in [1.807, 2.05) is 13.8 Å². The van der Waals surface area contributed by atoms with Crippen LogP contribution in [0.2, 0.25) is 0 Å². The summed E-state index contributed by atoms with van der Waals surface area (Å²) in [5, 5.41) is 3.01. The van der Waals surface area contributed by atoms with Crippen LogP contribution < -0.4 is 5.32 Å². The number of anilines is 1. The highest BCUT2D eigenvalue weighted by Gasteiger charge is 2.11. The van der Waals surface area contributed by atoms with E-state index in [-0.39, 0.29) is 5.82 Å². The van der Waals surface area contributed by atoms with Crippen molar-refractivity contribution >= 4 is 21.7 Å². The van der Waals surface area contributed by atoms with Crippen LogP contribution in [0.1, 0.15) is 11.3 Å². The van der Waals surface area contributed by atoms with Gasteiger partial charge in [-0.25, -0.2) is 14.4 Å². The second kappa shape index (κ2) is 5.02. The Bertz CT molecular complexity index is 599. The molecule has 0 aliphatic rings. The fourth-order valence-corrected chi connectivity index (χ4v) is 2.10. The highest BCUT2D eigenvalue weighted by molar-refractivity contribution is 9.10. The van der Waals surface area contributed by atoms with Crippen LogP contribution in [-0.4, -0.2) is 17.0 Å². The van der Waals surface area contributed by atoms with Crippen molar-refractivity contribution in [3.8, 4) is 11.4 Å². The molecule has 0 aliphatic carbocycles. The van der Waals surface area contributed by atoms with Crippen molar-refractivity contribution in [1.82, 2.24) is 9.97 Å². The lowest BCUT2D eigenvalue weighted by Crippen LogP contribution is -2.01. The molecule has 0 saturated carbocycles. The lowest BCUT2D eigenvalue weighted by atomic mass is 10.1. The van der Waals surface area contributed by atoms with E-state index in [2.05, 4.69) is 31.2 Å². The Labute approximate surface area is 114 Å². The molecule has 94 valence electrons. The first-order valence-electron chi connectivity index (χ1n) is 5.51. The molecular weight excluding hydrogens is 297 g/mol. The molecule has 2 rings (SSSR count). The van der Waals surface area contributed by atoms with Gasteiger partial charge in [-0.1, -0.05) is 0 Å². The number of nitrogens with one attached hydrogen (secondary N) is 1. The van der Waals surface area contributed by atoms with E-state index >= 15 is 0 Å². The zero-order chi connectivity index (χ0) is 13.3. The van der Waals surface area contributed by atoms with Crippen molar-refractivity contribution in [1.29, 1.82) is 0 Å². The van der Waals surface area contributed by atoms with Gasteiger partial charge in [0.2, 0.25) is 0 Å². The summed E-state index contributed by atoms with van der Waals surface area (Å²) in [6.45, 7) is 3.74. The molecule has 0 fully saturated rings. The van der Waals surface area contributed by atoms with E-state index in [0.29, 0.717) is 5.82 Å². The Kier molecular flexibility index (Phi) is 3.61. The van der Waals surface area contributed by atoms with Gasteiger partial charge >= 0.3 is 0 Å². The molecule has 1 heterocycles. The van der Waals surface area contributed by atoms with E-state index in [1.165, 1.54) is 12.1 Å². The van der Waals surface area contributed by atoms with Crippen LogP contribution in [0.3, 0.4) is 0 Å². The molecule has 18 heavy (non-hydrogen) atoms. The molecule has 0 atom stereocenters. The molecule has 0 amide bonds. The summed E-state index contributed by atoms with van der Waals surface area (Å²) in [5.41, 5.74) is 2.50. The minimum absolute atomic E-state index is 0.251. The van der Waals surface area contributed by atoms with Gasteiger partial charge in [0.05, 0.1) is 10.2 Å². The predicted octanol–water partition coefficient (Wildman–Crippen LogP) is 3.70. The summed E-state index contributed by atoms with van der Waals surface area (Å²) in [6, 6.07) is 4.60. The molecule has 0 saturated heterocycles. The summed E-state index contributed by atoms with van der Waals surface area (Å²) >= 11 is 3.43. The number of aryl methyl sites for hydroxylation is 2. The smallest absolute Gasteiger partial charge is 0.162 e. The Morgan fingerprint density at radius 1 is 1.22 bits per heavy atom. The molecule has 0 radical (unpaired) electrons. The number of nitrogens with zero attached hydrogens (tertiary/aromatic N) is 2. The van der Waals surface area contributed by atoms with Crippen LogP contribution >= 0.6 is 15.9 Å². The summed E-state index contributed by atoms with van der Waals surface area (Å²) < 4.78 is 13.9. The minimum atomic E-state index is -0.251. The molecular formula is C13H13BrFN3. The van der Waals surface area contributed by atoms with Gasteiger partial charge in [0.1, 0.15) is 11.6 Å². The lowest BCUT2D eigenvalue weighted by Gasteiger charge is -2.10. The van der Waals surface area contributed by atoms with Crippen molar-refractivity contribution in [2.75, 3.05) is 12.4 Å². The number of halogens is 2. The maximum atomic E-state index is 13.1. The molecule has 0 aliphatic heterocycles. The van der Waals surface area contributed by atoms with Gasteiger partial charge in [0.25, 0.3) is 0 Å². The molecule has 3 nitrogen and oxygen atoms in total. The topological polar surface area (TPSA) is 37.8 Å². The van der Waals surface area contributed by atoms with Crippen LogP contribution in [0, 0.1) is 19.7 Å². The Morgan fingerprint density at radius 2 is 1.94 bits per heavy atom. The molecule has 5 heteroatoms. The van der Waals surface area contributed by atoms with Crippen LogP contribution in [-0.2, 0) is 0 Å². The summed E-state index contributed by atoms with van der Waals surface area (Å²) in [6.07, 6.45) is 0. The third-order valence-electron chi connectivity index (χ3n) is 2.68. The van der Waals surface area contributed by atoms with Crippen molar-refractivity contribution in [3.63, 3.8) is 0 Å². The maximum absolute atomic E-state index is 13.1. The number of hydrogen-bond donors (Lipinski definition) is 1. The van der Waals surface area contributed by atoms with Crippen molar-refractivity contribution in [2.45, 2.75) is 13.8 Å². The lowest BCUT2D eigenvalue weighted by molar-refractivity contribution is 0.627. The highest BCUT2D eigenvalue weighted by atomic mass is 79.9. The van der Waals surface area contributed by atoms with E-state index in [1.54, 1.807) is 13.1 Å². The molecule has 0 unspecified atom stereocenters. The number of aromatic nitrogens is 2. The van der Waals surface area contributed by atoms with E-state index < -0.39 is 0 Å². The average Bonchev–Trinajstić information content (AvgIpc) is 2.32. The van der Waals surface area contributed by atoms with Gasteiger partial charge < -0.3 is 5.32 Å². The number of benzene rings is 1. The zero-order valence-corrected chi connectivity index (χ0v) is 12.0. The fourth-order valence-electron chi connectivity index (χ4n) is 1.72. The first kappa shape index (κ1) is 13.0. The van der Waals surface area contributed by atoms with Crippen molar-refractivity contribution in [2.24, 2.45) is 0 Å². The van der Waals surface area contributed by atoms with Gasteiger partial charge in [0, 0.05) is 12.6 Å². The molecule has 1 aromatic carbocycles. The highest BCUT2D eigenvalue weighted by Crippen LogP contribution is 2.28.